The van der Waals surface area contributed by atoms with Crippen LogP contribution in [0.5, 0.6) is 0 Å². The third-order valence-electron chi connectivity index (χ3n) is 4.73. The van der Waals surface area contributed by atoms with E-state index < -0.39 is 0 Å². The molecule has 0 saturated carbocycles. The second-order valence-corrected chi connectivity index (χ2v) is 7.02. The van der Waals surface area contributed by atoms with Crippen molar-refractivity contribution in [3.05, 3.63) is 95.1 Å². The van der Waals surface area contributed by atoms with Gasteiger partial charge in [0.2, 0.25) is 0 Å². The van der Waals surface area contributed by atoms with Gasteiger partial charge in [-0.15, -0.1) is 0 Å². The van der Waals surface area contributed by atoms with E-state index in [-0.39, 0.29) is 5.91 Å². The van der Waals surface area contributed by atoms with Crippen molar-refractivity contribution in [2.24, 2.45) is 0 Å². The average molecular weight is 399 g/mol. The summed E-state index contributed by atoms with van der Waals surface area (Å²) in [6, 6.07) is 12.1. The highest BCUT2D eigenvalue weighted by molar-refractivity contribution is 6.05. The second-order valence-electron chi connectivity index (χ2n) is 7.02. The lowest BCUT2D eigenvalue weighted by Gasteiger charge is -2.12. The van der Waals surface area contributed by atoms with E-state index in [1.807, 2.05) is 44.2 Å². The Kier molecular flexibility index (Phi) is 6.75. The number of hydrogen-bond donors (Lipinski definition) is 2. The normalized spacial score (nSPS) is 10.8. The molecule has 0 unspecified atom stereocenters. The Labute approximate surface area is 177 Å². The number of rotatable bonds is 7. The van der Waals surface area contributed by atoms with Gasteiger partial charge in [-0.05, 0) is 61.2 Å². The lowest BCUT2D eigenvalue weighted by molar-refractivity contribution is 0.102. The van der Waals surface area contributed by atoms with E-state index in [0.717, 1.165) is 27.9 Å². The van der Waals surface area contributed by atoms with Gasteiger partial charge in [0.05, 0.1) is 18.1 Å². The molecular weight excluding hydrogens is 372 g/mol. The molecule has 2 N–H and O–H groups in total. The molecule has 0 radical (unpaired) electrons. The summed E-state index contributed by atoms with van der Waals surface area (Å²) in [6.07, 6.45) is 9.16. The third kappa shape index (κ3) is 5.20. The van der Waals surface area contributed by atoms with Crippen LogP contribution in [0.25, 0.3) is 12.2 Å². The minimum atomic E-state index is -0.186. The fourth-order valence-corrected chi connectivity index (χ4v) is 3.08. The highest BCUT2D eigenvalue weighted by atomic mass is 16.1. The first-order valence-electron chi connectivity index (χ1n) is 9.82. The Morgan fingerprint density at radius 3 is 2.50 bits per heavy atom. The number of aromatic nitrogens is 2. The first-order chi connectivity index (χ1) is 14.5. The lowest BCUT2D eigenvalue weighted by atomic mass is 10.0. The van der Waals surface area contributed by atoms with Gasteiger partial charge in [0.25, 0.3) is 5.91 Å². The molecule has 0 aliphatic rings. The average Bonchev–Trinajstić information content (AvgIpc) is 2.75. The van der Waals surface area contributed by atoms with Gasteiger partial charge in [-0.25, -0.2) is 9.97 Å². The summed E-state index contributed by atoms with van der Waals surface area (Å²) in [7, 11) is 0. The molecule has 5 nitrogen and oxygen atoms in total. The van der Waals surface area contributed by atoms with Gasteiger partial charge in [0.1, 0.15) is 5.82 Å². The molecule has 152 valence electrons. The SMILES string of the molecule is C=Cc1ccc(CNc2ccc(C)c(C(=O)Nc3cnc(C)nc3)c2)cc1/C=C\C. The van der Waals surface area contributed by atoms with Gasteiger partial charge in [-0.2, -0.15) is 0 Å². The smallest absolute Gasteiger partial charge is 0.256 e. The summed E-state index contributed by atoms with van der Waals surface area (Å²) >= 11 is 0. The number of amides is 1. The maximum Gasteiger partial charge on any atom is 0.256 e. The molecule has 3 aromatic rings. The predicted octanol–water partition coefficient (Wildman–Crippen LogP) is 5.63. The Bertz CT molecular complexity index is 1080. The van der Waals surface area contributed by atoms with E-state index in [1.165, 1.54) is 0 Å². The van der Waals surface area contributed by atoms with Crippen molar-refractivity contribution >= 4 is 29.4 Å². The number of anilines is 2. The zero-order chi connectivity index (χ0) is 21.5. The standard InChI is InChI=1S/C25H26N4O/c1-5-7-21-12-19(9-10-20(21)6-2)14-28-22-11-8-17(3)24(13-22)25(30)29-23-15-26-18(4)27-16-23/h5-13,15-16,28H,2,14H2,1,3-4H3,(H,29,30)/b7-5-. The predicted molar refractivity (Wildman–Crippen MR) is 124 cm³/mol. The first-order valence-corrected chi connectivity index (χ1v) is 9.82. The lowest BCUT2D eigenvalue weighted by Crippen LogP contribution is -2.14. The van der Waals surface area contributed by atoms with E-state index in [2.05, 4.69) is 51.5 Å². The number of benzene rings is 2. The number of allylic oxidation sites excluding steroid dienone is 1. The fraction of sp³-hybridized carbons (Fsp3) is 0.160. The molecule has 0 saturated heterocycles. The Morgan fingerprint density at radius 1 is 1.03 bits per heavy atom. The molecule has 5 heteroatoms. The van der Waals surface area contributed by atoms with Gasteiger partial charge in [0, 0.05) is 17.8 Å². The van der Waals surface area contributed by atoms with E-state index in [0.29, 0.717) is 23.6 Å². The molecule has 1 amide bonds. The molecule has 0 bridgehead atoms. The van der Waals surface area contributed by atoms with Gasteiger partial charge < -0.3 is 10.6 Å². The maximum absolute atomic E-state index is 12.7. The van der Waals surface area contributed by atoms with Crippen LogP contribution in [-0.2, 0) is 6.54 Å². The molecule has 0 aliphatic carbocycles. The van der Waals surface area contributed by atoms with Crippen LogP contribution in [0.3, 0.4) is 0 Å². The Morgan fingerprint density at radius 2 is 1.80 bits per heavy atom. The topological polar surface area (TPSA) is 66.9 Å². The monoisotopic (exact) mass is 398 g/mol. The van der Waals surface area contributed by atoms with Crippen LogP contribution in [0.4, 0.5) is 11.4 Å². The highest BCUT2D eigenvalue weighted by Crippen LogP contribution is 2.20. The Balaban J connectivity index is 1.73. The van der Waals surface area contributed by atoms with Crippen LogP contribution < -0.4 is 10.6 Å². The maximum atomic E-state index is 12.7. The number of hydrogen-bond acceptors (Lipinski definition) is 4. The number of carbonyl (C=O) groups is 1. The number of nitrogens with one attached hydrogen (secondary N) is 2. The summed E-state index contributed by atoms with van der Waals surface area (Å²) in [5, 5.41) is 6.26. The molecular formula is C25H26N4O. The number of aryl methyl sites for hydroxylation is 2. The van der Waals surface area contributed by atoms with Gasteiger partial charge in [0.15, 0.2) is 0 Å². The summed E-state index contributed by atoms with van der Waals surface area (Å²) < 4.78 is 0. The molecule has 0 aliphatic heterocycles. The van der Waals surface area contributed by atoms with Crippen molar-refractivity contribution in [2.75, 3.05) is 10.6 Å². The van der Waals surface area contributed by atoms with Gasteiger partial charge >= 0.3 is 0 Å². The van der Waals surface area contributed by atoms with Gasteiger partial charge in [-0.3, -0.25) is 4.79 Å². The van der Waals surface area contributed by atoms with E-state index >= 15 is 0 Å². The molecule has 2 aromatic carbocycles. The highest BCUT2D eigenvalue weighted by Gasteiger charge is 2.11. The largest absolute Gasteiger partial charge is 0.381 e. The van der Waals surface area contributed by atoms with Crippen LogP contribution >= 0.6 is 0 Å². The van der Waals surface area contributed by atoms with E-state index in [9.17, 15) is 4.79 Å². The molecule has 0 spiro atoms. The zero-order valence-corrected chi connectivity index (χ0v) is 17.6. The van der Waals surface area contributed by atoms with Crippen LogP contribution in [0.1, 0.15) is 45.4 Å². The summed E-state index contributed by atoms with van der Waals surface area (Å²) in [5.74, 6) is 0.475. The van der Waals surface area contributed by atoms with Crippen molar-refractivity contribution in [1.29, 1.82) is 0 Å². The van der Waals surface area contributed by atoms with Crippen LogP contribution in [0, 0.1) is 13.8 Å². The van der Waals surface area contributed by atoms with Crippen molar-refractivity contribution in [3.63, 3.8) is 0 Å². The molecule has 1 aromatic heterocycles. The van der Waals surface area contributed by atoms with E-state index in [4.69, 9.17) is 0 Å². The summed E-state index contributed by atoms with van der Waals surface area (Å²) in [4.78, 5) is 20.9. The van der Waals surface area contributed by atoms with Crippen LogP contribution in [-0.4, -0.2) is 15.9 Å². The second kappa shape index (κ2) is 9.65. The first kappa shape index (κ1) is 21.0. The summed E-state index contributed by atoms with van der Waals surface area (Å²) in [6.45, 7) is 10.2. The molecule has 0 atom stereocenters. The minimum Gasteiger partial charge on any atom is -0.381 e. The number of carbonyl (C=O) groups excluding carboxylic acids is 1. The van der Waals surface area contributed by atoms with Crippen molar-refractivity contribution in [3.8, 4) is 0 Å². The zero-order valence-electron chi connectivity index (χ0n) is 17.6. The Hall–Kier alpha value is -3.73. The molecule has 3 rings (SSSR count). The van der Waals surface area contributed by atoms with Crippen LogP contribution in [0.2, 0.25) is 0 Å². The third-order valence-corrected chi connectivity index (χ3v) is 4.73. The van der Waals surface area contributed by atoms with Crippen LogP contribution in [0.15, 0.2) is 61.4 Å². The summed E-state index contributed by atoms with van der Waals surface area (Å²) in [5.41, 5.74) is 6.35. The number of nitrogens with zero attached hydrogens (tertiary/aromatic N) is 2. The van der Waals surface area contributed by atoms with Crippen molar-refractivity contribution in [2.45, 2.75) is 27.3 Å². The molecule has 1 heterocycles. The van der Waals surface area contributed by atoms with Crippen molar-refractivity contribution in [1.82, 2.24) is 9.97 Å². The molecule has 30 heavy (non-hydrogen) atoms. The minimum absolute atomic E-state index is 0.186. The molecule has 0 fully saturated rings. The fourth-order valence-electron chi connectivity index (χ4n) is 3.08. The quantitative estimate of drug-likeness (QED) is 0.541. The van der Waals surface area contributed by atoms with E-state index in [1.54, 1.807) is 19.3 Å². The van der Waals surface area contributed by atoms with Crippen molar-refractivity contribution < 1.29 is 4.79 Å². The van der Waals surface area contributed by atoms with Gasteiger partial charge in [-0.1, -0.05) is 43.0 Å².